The molecule has 1 fully saturated rings. The van der Waals surface area contributed by atoms with Crippen LogP contribution in [0.1, 0.15) is 44.6 Å². The van der Waals surface area contributed by atoms with Crippen LogP contribution < -0.4 is 11.1 Å². The number of para-hydroxylation sites is 1. The summed E-state index contributed by atoms with van der Waals surface area (Å²) in [4.78, 5) is 12.3. The summed E-state index contributed by atoms with van der Waals surface area (Å²) < 4.78 is 0. The van der Waals surface area contributed by atoms with Gasteiger partial charge in [-0.1, -0.05) is 38.0 Å². The standard InChI is InChI=1S/C15H22N2O/c1-2-15(9-5-6-10-15)14(18)17-11-12-7-3-4-8-13(12)16/h3-4,7-8H,2,5-6,9-11,16H2,1H3,(H,17,18). The lowest BCUT2D eigenvalue weighted by Crippen LogP contribution is -2.38. The zero-order valence-electron chi connectivity index (χ0n) is 11.0. The Morgan fingerprint density at radius 3 is 2.61 bits per heavy atom. The summed E-state index contributed by atoms with van der Waals surface area (Å²) >= 11 is 0. The van der Waals surface area contributed by atoms with Gasteiger partial charge in [0.25, 0.3) is 0 Å². The van der Waals surface area contributed by atoms with Gasteiger partial charge in [-0.2, -0.15) is 0 Å². The molecule has 2 rings (SSSR count). The molecule has 1 aliphatic carbocycles. The van der Waals surface area contributed by atoms with Crippen LogP contribution in [0.4, 0.5) is 5.69 Å². The summed E-state index contributed by atoms with van der Waals surface area (Å²) in [6.45, 7) is 2.65. The minimum Gasteiger partial charge on any atom is -0.398 e. The highest BCUT2D eigenvalue weighted by atomic mass is 16.2. The third-order valence-electron chi connectivity index (χ3n) is 4.21. The predicted molar refractivity (Wildman–Crippen MR) is 73.9 cm³/mol. The Balaban J connectivity index is 1.98. The monoisotopic (exact) mass is 246 g/mol. The summed E-state index contributed by atoms with van der Waals surface area (Å²) in [6, 6.07) is 7.68. The van der Waals surface area contributed by atoms with E-state index in [4.69, 9.17) is 5.73 Å². The number of nitrogens with two attached hydrogens (primary N) is 1. The van der Waals surface area contributed by atoms with Gasteiger partial charge in [0, 0.05) is 17.6 Å². The van der Waals surface area contributed by atoms with Gasteiger partial charge in [-0.25, -0.2) is 0 Å². The zero-order valence-corrected chi connectivity index (χ0v) is 11.0. The van der Waals surface area contributed by atoms with Crippen LogP contribution >= 0.6 is 0 Å². The predicted octanol–water partition coefficient (Wildman–Crippen LogP) is 2.86. The lowest BCUT2D eigenvalue weighted by Gasteiger charge is -2.26. The average molecular weight is 246 g/mol. The Hall–Kier alpha value is -1.51. The molecule has 0 aromatic heterocycles. The van der Waals surface area contributed by atoms with Crippen molar-refractivity contribution in [1.82, 2.24) is 5.32 Å². The summed E-state index contributed by atoms with van der Waals surface area (Å²) in [5.41, 5.74) is 7.49. The van der Waals surface area contributed by atoms with E-state index in [1.807, 2.05) is 24.3 Å². The normalized spacial score (nSPS) is 17.6. The van der Waals surface area contributed by atoms with E-state index in [-0.39, 0.29) is 11.3 Å². The summed E-state index contributed by atoms with van der Waals surface area (Å²) in [6.07, 6.45) is 5.34. The van der Waals surface area contributed by atoms with Gasteiger partial charge in [-0.15, -0.1) is 0 Å². The summed E-state index contributed by atoms with van der Waals surface area (Å²) in [5, 5.41) is 3.05. The van der Waals surface area contributed by atoms with Gasteiger partial charge < -0.3 is 11.1 Å². The maximum absolute atomic E-state index is 12.3. The van der Waals surface area contributed by atoms with E-state index in [9.17, 15) is 4.79 Å². The smallest absolute Gasteiger partial charge is 0.226 e. The SMILES string of the molecule is CCC1(C(=O)NCc2ccccc2N)CCCC1. The number of carbonyl (C=O) groups is 1. The van der Waals surface area contributed by atoms with Gasteiger partial charge >= 0.3 is 0 Å². The van der Waals surface area contributed by atoms with Crippen LogP contribution in [0.25, 0.3) is 0 Å². The first-order valence-corrected chi connectivity index (χ1v) is 6.80. The molecule has 1 amide bonds. The van der Waals surface area contributed by atoms with Crippen LogP contribution in [0, 0.1) is 5.41 Å². The topological polar surface area (TPSA) is 55.1 Å². The van der Waals surface area contributed by atoms with Gasteiger partial charge in [0.05, 0.1) is 0 Å². The lowest BCUT2D eigenvalue weighted by molar-refractivity contribution is -0.131. The van der Waals surface area contributed by atoms with Crippen LogP contribution in [-0.2, 0) is 11.3 Å². The molecule has 1 aliphatic rings. The highest BCUT2D eigenvalue weighted by Crippen LogP contribution is 2.41. The first kappa shape index (κ1) is 12.9. The Morgan fingerprint density at radius 2 is 2.00 bits per heavy atom. The van der Waals surface area contributed by atoms with Crippen molar-refractivity contribution in [3.63, 3.8) is 0 Å². The number of amides is 1. The fraction of sp³-hybridized carbons (Fsp3) is 0.533. The number of hydrogen-bond donors (Lipinski definition) is 2. The first-order valence-electron chi connectivity index (χ1n) is 6.80. The third kappa shape index (κ3) is 2.50. The number of anilines is 1. The quantitative estimate of drug-likeness (QED) is 0.803. The lowest BCUT2D eigenvalue weighted by atomic mass is 9.82. The molecule has 98 valence electrons. The van der Waals surface area contributed by atoms with Gasteiger partial charge in [0.1, 0.15) is 0 Å². The van der Waals surface area contributed by atoms with Crippen molar-refractivity contribution in [1.29, 1.82) is 0 Å². The number of nitrogen functional groups attached to an aromatic ring is 1. The Kier molecular flexibility index (Phi) is 3.90. The molecule has 0 saturated heterocycles. The maximum Gasteiger partial charge on any atom is 0.226 e. The van der Waals surface area contributed by atoms with Crippen LogP contribution in [-0.4, -0.2) is 5.91 Å². The van der Waals surface area contributed by atoms with Crippen LogP contribution in [0.2, 0.25) is 0 Å². The summed E-state index contributed by atoms with van der Waals surface area (Å²) in [7, 11) is 0. The van der Waals surface area contributed by atoms with Crippen LogP contribution in [0.15, 0.2) is 24.3 Å². The van der Waals surface area contributed by atoms with Crippen molar-refractivity contribution in [3.8, 4) is 0 Å². The molecule has 1 saturated carbocycles. The zero-order chi connectivity index (χ0) is 13.0. The molecule has 1 aromatic rings. The largest absolute Gasteiger partial charge is 0.398 e. The molecule has 0 radical (unpaired) electrons. The molecular weight excluding hydrogens is 224 g/mol. The maximum atomic E-state index is 12.3. The third-order valence-corrected chi connectivity index (χ3v) is 4.21. The second-order valence-corrected chi connectivity index (χ2v) is 5.22. The van der Waals surface area contributed by atoms with Crippen molar-refractivity contribution >= 4 is 11.6 Å². The highest BCUT2D eigenvalue weighted by molar-refractivity contribution is 5.83. The molecular formula is C15H22N2O. The van der Waals surface area contributed by atoms with E-state index in [0.29, 0.717) is 6.54 Å². The molecule has 18 heavy (non-hydrogen) atoms. The number of benzene rings is 1. The molecule has 0 bridgehead atoms. The number of nitrogens with one attached hydrogen (secondary N) is 1. The molecule has 3 N–H and O–H groups in total. The number of rotatable bonds is 4. The van der Waals surface area contributed by atoms with E-state index in [1.165, 1.54) is 12.8 Å². The Morgan fingerprint density at radius 1 is 1.33 bits per heavy atom. The molecule has 1 aromatic carbocycles. The molecule has 0 spiro atoms. The molecule has 3 nitrogen and oxygen atoms in total. The Labute approximate surface area is 109 Å². The molecule has 0 heterocycles. The molecule has 0 atom stereocenters. The first-order chi connectivity index (χ1) is 8.68. The van der Waals surface area contributed by atoms with Crippen molar-refractivity contribution in [2.75, 3.05) is 5.73 Å². The average Bonchev–Trinajstić information content (AvgIpc) is 2.87. The van der Waals surface area contributed by atoms with Gasteiger partial charge in [-0.3, -0.25) is 4.79 Å². The Bertz CT molecular complexity index is 422. The molecule has 0 aliphatic heterocycles. The van der Waals surface area contributed by atoms with E-state index in [1.54, 1.807) is 0 Å². The van der Waals surface area contributed by atoms with Gasteiger partial charge in [0.2, 0.25) is 5.91 Å². The van der Waals surface area contributed by atoms with Crippen LogP contribution in [0.3, 0.4) is 0 Å². The minimum absolute atomic E-state index is 0.121. The van der Waals surface area contributed by atoms with E-state index in [0.717, 1.165) is 30.5 Å². The van der Waals surface area contributed by atoms with E-state index in [2.05, 4.69) is 12.2 Å². The number of hydrogen-bond acceptors (Lipinski definition) is 2. The van der Waals surface area contributed by atoms with Crippen molar-refractivity contribution in [2.24, 2.45) is 5.41 Å². The molecule has 0 unspecified atom stereocenters. The van der Waals surface area contributed by atoms with E-state index >= 15 is 0 Å². The van der Waals surface area contributed by atoms with Crippen molar-refractivity contribution in [2.45, 2.75) is 45.6 Å². The second kappa shape index (κ2) is 5.42. The van der Waals surface area contributed by atoms with E-state index < -0.39 is 0 Å². The summed E-state index contributed by atoms with van der Waals surface area (Å²) in [5.74, 6) is 0.200. The highest BCUT2D eigenvalue weighted by Gasteiger charge is 2.38. The fourth-order valence-electron chi connectivity index (χ4n) is 2.85. The number of carbonyl (C=O) groups excluding carboxylic acids is 1. The van der Waals surface area contributed by atoms with Gasteiger partial charge in [0.15, 0.2) is 0 Å². The molecule has 3 heteroatoms. The van der Waals surface area contributed by atoms with Crippen LogP contribution in [0.5, 0.6) is 0 Å². The van der Waals surface area contributed by atoms with Crippen molar-refractivity contribution in [3.05, 3.63) is 29.8 Å². The second-order valence-electron chi connectivity index (χ2n) is 5.22. The fourth-order valence-corrected chi connectivity index (χ4v) is 2.85. The van der Waals surface area contributed by atoms with Crippen molar-refractivity contribution < 1.29 is 4.79 Å². The minimum atomic E-state index is -0.121. The van der Waals surface area contributed by atoms with Gasteiger partial charge in [-0.05, 0) is 30.9 Å².